The second kappa shape index (κ2) is 8.90. The third kappa shape index (κ3) is 4.90. The van der Waals surface area contributed by atoms with Crippen molar-refractivity contribution in [2.45, 2.75) is 6.92 Å². The lowest BCUT2D eigenvalue weighted by molar-refractivity contribution is -0.118. The number of thiocarbonyl (C=S) groups is 1. The molecule has 1 fully saturated rings. The van der Waals surface area contributed by atoms with Crippen molar-refractivity contribution in [3.8, 4) is 11.5 Å². The van der Waals surface area contributed by atoms with Crippen LogP contribution < -0.4 is 20.1 Å². The molecule has 1 saturated heterocycles. The highest BCUT2D eigenvalue weighted by Gasteiger charge is 2.22. The molecule has 0 atom stereocenters. The number of carbonyl (C=O) groups excluding carboxylic acids is 2. The van der Waals surface area contributed by atoms with Crippen molar-refractivity contribution in [1.82, 2.24) is 5.32 Å². The standard InChI is InChI=1S/C20H18N2O4S2/c1-12-5-3-4-6-14(12)21-18(23)11-26-15-8-7-13(9-16(15)25-2)10-17-19(24)22-20(27)28-17/h3-10H,11H2,1-2H3,(H,21,23)(H,22,24,27)/b17-10-. The number of amides is 2. The minimum Gasteiger partial charge on any atom is -0.493 e. The van der Waals surface area contributed by atoms with E-state index in [4.69, 9.17) is 21.7 Å². The largest absolute Gasteiger partial charge is 0.493 e. The van der Waals surface area contributed by atoms with E-state index in [1.807, 2.05) is 31.2 Å². The molecule has 1 aliphatic rings. The summed E-state index contributed by atoms with van der Waals surface area (Å²) in [7, 11) is 1.51. The SMILES string of the molecule is COc1cc(/C=C2\SC(=S)NC2=O)ccc1OCC(=O)Nc1ccccc1C. The lowest BCUT2D eigenvalue weighted by Crippen LogP contribution is -2.20. The molecule has 2 aromatic rings. The quantitative estimate of drug-likeness (QED) is 0.557. The number of benzene rings is 2. The van der Waals surface area contributed by atoms with E-state index in [0.717, 1.165) is 16.8 Å². The number of anilines is 1. The maximum Gasteiger partial charge on any atom is 0.263 e. The van der Waals surface area contributed by atoms with Crippen molar-refractivity contribution in [2.24, 2.45) is 0 Å². The summed E-state index contributed by atoms with van der Waals surface area (Å²) >= 11 is 6.19. The summed E-state index contributed by atoms with van der Waals surface area (Å²) < 4.78 is 11.4. The molecule has 0 radical (unpaired) electrons. The van der Waals surface area contributed by atoms with E-state index in [2.05, 4.69) is 10.6 Å². The number of hydrogen-bond donors (Lipinski definition) is 2. The Morgan fingerprint density at radius 3 is 2.71 bits per heavy atom. The number of hydrogen-bond acceptors (Lipinski definition) is 6. The number of rotatable bonds is 6. The van der Waals surface area contributed by atoms with Crippen molar-refractivity contribution in [3.63, 3.8) is 0 Å². The van der Waals surface area contributed by atoms with Crippen LogP contribution in [0.25, 0.3) is 6.08 Å². The molecule has 2 N–H and O–H groups in total. The molecule has 0 saturated carbocycles. The van der Waals surface area contributed by atoms with E-state index in [1.54, 1.807) is 24.3 Å². The van der Waals surface area contributed by atoms with Crippen molar-refractivity contribution in [3.05, 3.63) is 58.5 Å². The maximum atomic E-state index is 12.2. The summed E-state index contributed by atoms with van der Waals surface area (Å²) in [5.41, 5.74) is 2.48. The second-order valence-electron chi connectivity index (χ2n) is 5.91. The Morgan fingerprint density at radius 1 is 1.25 bits per heavy atom. The first-order valence-corrected chi connectivity index (χ1v) is 9.60. The highest BCUT2D eigenvalue weighted by atomic mass is 32.2. The fourth-order valence-corrected chi connectivity index (χ4v) is 3.55. The zero-order valence-corrected chi connectivity index (χ0v) is 16.9. The van der Waals surface area contributed by atoms with Gasteiger partial charge in [0.1, 0.15) is 4.32 Å². The normalized spacial score (nSPS) is 14.7. The molecule has 0 aliphatic carbocycles. The van der Waals surface area contributed by atoms with Gasteiger partial charge in [0.2, 0.25) is 0 Å². The molecule has 2 aromatic carbocycles. The van der Waals surface area contributed by atoms with E-state index in [0.29, 0.717) is 20.7 Å². The van der Waals surface area contributed by atoms with Crippen LogP contribution in [0.3, 0.4) is 0 Å². The monoisotopic (exact) mass is 414 g/mol. The minimum atomic E-state index is -0.268. The molecular weight excluding hydrogens is 396 g/mol. The molecule has 0 bridgehead atoms. The van der Waals surface area contributed by atoms with Crippen LogP contribution in [-0.4, -0.2) is 29.9 Å². The molecule has 144 valence electrons. The summed E-state index contributed by atoms with van der Waals surface area (Å²) in [5, 5.41) is 5.38. The molecule has 0 aromatic heterocycles. The Labute approximate surface area is 172 Å². The van der Waals surface area contributed by atoms with Gasteiger partial charge in [-0.1, -0.05) is 48.2 Å². The van der Waals surface area contributed by atoms with Gasteiger partial charge >= 0.3 is 0 Å². The third-order valence-electron chi connectivity index (χ3n) is 3.91. The first-order valence-electron chi connectivity index (χ1n) is 8.37. The van der Waals surface area contributed by atoms with E-state index in [9.17, 15) is 9.59 Å². The number of aryl methyl sites for hydroxylation is 1. The smallest absolute Gasteiger partial charge is 0.263 e. The molecule has 6 nitrogen and oxygen atoms in total. The molecule has 1 heterocycles. The van der Waals surface area contributed by atoms with Gasteiger partial charge in [0.25, 0.3) is 11.8 Å². The van der Waals surface area contributed by atoms with Crippen LogP contribution >= 0.6 is 24.0 Å². The van der Waals surface area contributed by atoms with Crippen LogP contribution in [0.4, 0.5) is 5.69 Å². The first-order chi connectivity index (χ1) is 13.5. The van der Waals surface area contributed by atoms with Crippen molar-refractivity contribution < 1.29 is 19.1 Å². The average molecular weight is 415 g/mol. The van der Waals surface area contributed by atoms with Crippen LogP contribution in [0.1, 0.15) is 11.1 Å². The van der Waals surface area contributed by atoms with Gasteiger partial charge in [-0.25, -0.2) is 0 Å². The fourth-order valence-electron chi connectivity index (χ4n) is 2.51. The Bertz CT molecular complexity index is 972. The molecule has 0 spiro atoms. The third-order valence-corrected chi connectivity index (χ3v) is 5.07. The summed E-state index contributed by atoms with van der Waals surface area (Å²) in [4.78, 5) is 24.4. The summed E-state index contributed by atoms with van der Waals surface area (Å²) in [5.74, 6) is 0.407. The summed E-state index contributed by atoms with van der Waals surface area (Å²) in [6, 6.07) is 12.7. The van der Waals surface area contributed by atoms with E-state index >= 15 is 0 Å². The number of nitrogens with one attached hydrogen (secondary N) is 2. The van der Waals surface area contributed by atoms with Gasteiger partial charge < -0.3 is 20.1 Å². The number of carbonyl (C=O) groups is 2. The van der Waals surface area contributed by atoms with Gasteiger partial charge in [-0.05, 0) is 42.3 Å². The van der Waals surface area contributed by atoms with Crippen LogP contribution in [0.5, 0.6) is 11.5 Å². The Hall–Kier alpha value is -2.84. The average Bonchev–Trinajstić information content (AvgIpc) is 2.99. The molecular formula is C20H18N2O4S2. The van der Waals surface area contributed by atoms with Gasteiger partial charge in [-0.3, -0.25) is 9.59 Å². The van der Waals surface area contributed by atoms with E-state index in [-0.39, 0.29) is 18.4 Å². The molecule has 1 aliphatic heterocycles. The number of methoxy groups -OCH3 is 1. The number of thioether (sulfide) groups is 1. The van der Waals surface area contributed by atoms with Gasteiger partial charge in [0.05, 0.1) is 12.0 Å². The summed E-state index contributed by atoms with van der Waals surface area (Å²) in [6.45, 7) is 1.76. The van der Waals surface area contributed by atoms with E-state index < -0.39 is 0 Å². The van der Waals surface area contributed by atoms with Crippen LogP contribution in [0.15, 0.2) is 47.4 Å². The molecule has 3 rings (SSSR count). The molecule has 2 amide bonds. The molecule has 8 heteroatoms. The van der Waals surface area contributed by atoms with Gasteiger partial charge in [-0.2, -0.15) is 0 Å². The zero-order valence-electron chi connectivity index (χ0n) is 15.3. The van der Waals surface area contributed by atoms with Crippen LogP contribution in [0.2, 0.25) is 0 Å². The Morgan fingerprint density at radius 2 is 2.04 bits per heavy atom. The minimum absolute atomic E-state index is 0.155. The number of ether oxygens (including phenoxy) is 2. The second-order valence-corrected chi connectivity index (χ2v) is 7.63. The Kier molecular flexibility index (Phi) is 6.33. The highest BCUT2D eigenvalue weighted by Crippen LogP contribution is 2.31. The zero-order chi connectivity index (χ0) is 20.1. The topological polar surface area (TPSA) is 76.7 Å². The fraction of sp³-hybridized carbons (Fsp3) is 0.150. The lowest BCUT2D eigenvalue weighted by Gasteiger charge is -2.12. The predicted octanol–water partition coefficient (Wildman–Crippen LogP) is 3.51. The van der Waals surface area contributed by atoms with Crippen molar-refractivity contribution in [1.29, 1.82) is 0 Å². The summed E-state index contributed by atoms with van der Waals surface area (Å²) in [6.07, 6.45) is 1.72. The number of para-hydroxylation sites is 1. The highest BCUT2D eigenvalue weighted by molar-refractivity contribution is 8.26. The Balaban J connectivity index is 1.67. The molecule has 0 unspecified atom stereocenters. The molecule has 28 heavy (non-hydrogen) atoms. The van der Waals surface area contributed by atoms with Crippen molar-refractivity contribution >= 4 is 51.9 Å². The van der Waals surface area contributed by atoms with Crippen LogP contribution in [-0.2, 0) is 9.59 Å². The van der Waals surface area contributed by atoms with E-state index in [1.165, 1.54) is 18.9 Å². The van der Waals surface area contributed by atoms with Gasteiger partial charge in [0.15, 0.2) is 18.1 Å². The van der Waals surface area contributed by atoms with Crippen molar-refractivity contribution in [2.75, 3.05) is 19.0 Å². The van der Waals surface area contributed by atoms with Gasteiger partial charge in [-0.15, -0.1) is 0 Å². The lowest BCUT2D eigenvalue weighted by atomic mass is 10.2. The van der Waals surface area contributed by atoms with Crippen LogP contribution in [0, 0.1) is 6.92 Å². The maximum absolute atomic E-state index is 12.2. The predicted molar refractivity (Wildman–Crippen MR) is 115 cm³/mol. The van der Waals surface area contributed by atoms with Gasteiger partial charge in [0, 0.05) is 5.69 Å². The first kappa shape index (κ1) is 19.9.